The van der Waals surface area contributed by atoms with Crippen LogP contribution in [-0.4, -0.2) is 29.3 Å². The summed E-state index contributed by atoms with van der Waals surface area (Å²) >= 11 is 0. The number of urea groups is 1. The van der Waals surface area contributed by atoms with Gasteiger partial charge in [0.05, 0.1) is 7.11 Å². The maximum atomic E-state index is 11.7. The fourth-order valence-electron chi connectivity index (χ4n) is 2.43. The third kappa shape index (κ3) is 5.20. The van der Waals surface area contributed by atoms with Gasteiger partial charge in [0.2, 0.25) is 5.82 Å². The summed E-state index contributed by atoms with van der Waals surface area (Å²) in [5.74, 6) is 1.69. The number of anilines is 1. The van der Waals surface area contributed by atoms with Crippen molar-refractivity contribution in [1.82, 2.24) is 15.5 Å². The number of benzene rings is 2. The molecule has 1 aromatic heterocycles. The van der Waals surface area contributed by atoms with E-state index >= 15 is 0 Å². The number of hydrogen-bond donors (Lipinski definition) is 2. The normalized spacial score (nSPS) is 11.0. The first kappa shape index (κ1) is 19.2. The van der Waals surface area contributed by atoms with Gasteiger partial charge in [-0.2, -0.15) is 4.98 Å². The fourth-order valence-corrected chi connectivity index (χ4v) is 2.43. The molecule has 0 saturated carbocycles. The predicted molar refractivity (Wildman–Crippen MR) is 109 cm³/mol. The van der Waals surface area contributed by atoms with Crippen LogP contribution in [0.3, 0.4) is 0 Å². The molecule has 3 rings (SSSR count). The monoisotopic (exact) mass is 378 g/mol. The van der Waals surface area contributed by atoms with Gasteiger partial charge in [-0.1, -0.05) is 17.3 Å². The van der Waals surface area contributed by atoms with Crippen molar-refractivity contribution in [3.05, 3.63) is 60.0 Å². The molecule has 144 valence electrons. The van der Waals surface area contributed by atoms with E-state index in [0.717, 1.165) is 16.9 Å². The molecule has 0 bridgehead atoms. The highest BCUT2D eigenvalue weighted by Crippen LogP contribution is 2.20. The van der Waals surface area contributed by atoms with Crippen molar-refractivity contribution in [1.29, 1.82) is 0 Å². The summed E-state index contributed by atoms with van der Waals surface area (Å²) in [6.07, 6.45) is 3.64. The number of methoxy groups -OCH3 is 1. The molecule has 2 amide bonds. The number of amides is 2. The second kappa shape index (κ2) is 8.85. The van der Waals surface area contributed by atoms with Crippen molar-refractivity contribution in [2.75, 3.05) is 12.4 Å². The molecule has 3 aromatic rings. The van der Waals surface area contributed by atoms with E-state index in [4.69, 9.17) is 9.26 Å². The van der Waals surface area contributed by atoms with E-state index in [9.17, 15) is 4.79 Å². The third-order valence-corrected chi connectivity index (χ3v) is 3.80. The minimum Gasteiger partial charge on any atom is -0.497 e. The summed E-state index contributed by atoms with van der Waals surface area (Å²) in [4.78, 5) is 16.1. The molecule has 0 aliphatic carbocycles. The van der Waals surface area contributed by atoms with Crippen molar-refractivity contribution in [2.45, 2.75) is 19.9 Å². The Morgan fingerprint density at radius 3 is 2.43 bits per heavy atom. The van der Waals surface area contributed by atoms with Gasteiger partial charge in [-0.15, -0.1) is 0 Å². The second-order valence-electron chi connectivity index (χ2n) is 6.39. The van der Waals surface area contributed by atoms with Crippen LogP contribution in [0.5, 0.6) is 5.75 Å². The van der Waals surface area contributed by atoms with Crippen LogP contribution in [0, 0.1) is 0 Å². The molecule has 0 aliphatic rings. The number of nitrogens with one attached hydrogen (secondary N) is 2. The lowest BCUT2D eigenvalue weighted by Gasteiger charge is -2.10. The van der Waals surface area contributed by atoms with E-state index in [1.807, 2.05) is 56.3 Å². The summed E-state index contributed by atoms with van der Waals surface area (Å²) in [5.41, 5.74) is 2.48. The molecule has 7 heteroatoms. The Bertz CT molecular complexity index is 945. The number of carbonyl (C=O) groups excluding carboxylic acids is 1. The van der Waals surface area contributed by atoms with E-state index in [2.05, 4.69) is 20.8 Å². The van der Waals surface area contributed by atoms with Crippen LogP contribution in [-0.2, 0) is 0 Å². The highest BCUT2D eigenvalue weighted by Gasteiger charge is 2.08. The lowest BCUT2D eigenvalue weighted by atomic mass is 10.2. The van der Waals surface area contributed by atoms with Gasteiger partial charge in [0.1, 0.15) is 5.75 Å². The third-order valence-electron chi connectivity index (χ3n) is 3.80. The Hall–Kier alpha value is -3.61. The molecule has 0 aliphatic heterocycles. The van der Waals surface area contributed by atoms with Crippen molar-refractivity contribution in [2.24, 2.45) is 0 Å². The van der Waals surface area contributed by atoms with Gasteiger partial charge >= 0.3 is 6.03 Å². The Kier molecular flexibility index (Phi) is 6.06. The Morgan fingerprint density at radius 1 is 1.07 bits per heavy atom. The van der Waals surface area contributed by atoms with Crippen LogP contribution in [0.4, 0.5) is 10.5 Å². The van der Waals surface area contributed by atoms with Crippen molar-refractivity contribution in [3.63, 3.8) is 0 Å². The molecular formula is C21H22N4O3. The van der Waals surface area contributed by atoms with Gasteiger partial charge in [-0.3, -0.25) is 0 Å². The van der Waals surface area contributed by atoms with Crippen LogP contribution in [0.1, 0.15) is 25.3 Å². The number of carbonyl (C=O) groups is 1. The molecule has 2 N–H and O–H groups in total. The summed E-state index contributed by atoms with van der Waals surface area (Å²) in [5, 5.41) is 9.54. The molecule has 0 spiro atoms. The fraction of sp³-hybridized carbons (Fsp3) is 0.190. The minimum absolute atomic E-state index is 0.0722. The first-order valence-corrected chi connectivity index (χ1v) is 8.87. The summed E-state index contributed by atoms with van der Waals surface area (Å²) in [6, 6.07) is 14.7. The number of rotatable bonds is 6. The predicted octanol–water partition coefficient (Wildman–Crippen LogP) is 4.45. The lowest BCUT2D eigenvalue weighted by molar-refractivity contribution is 0.250. The van der Waals surface area contributed by atoms with E-state index in [-0.39, 0.29) is 12.1 Å². The van der Waals surface area contributed by atoms with Crippen LogP contribution in [0.2, 0.25) is 0 Å². The number of aromatic nitrogens is 2. The first-order valence-electron chi connectivity index (χ1n) is 8.87. The summed E-state index contributed by atoms with van der Waals surface area (Å²) in [7, 11) is 1.63. The molecule has 2 aromatic carbocycles. The van der Waals surface area contributed by atoms with Crippen molar-refractivity contribution >= 4 is 23.9 Å². The zero-order chi connectivity index (χ0) is 19.9. The van der Waals surface area contributed by atoms with Crippen LogP contribution >= 0.6 is 0 Å². The van der Waals surface area contributed by atoms with Gasteiger partial charge in [-0.05, 0) is 61.9 Å². The molecule has 0 atom stereocenters. The standard InChI is InChI=1S/C21H22N4O3/c1-14(2)22-21(26)23-17-9-7-16(8-10-17)20-24-19(28-25-20)13-6-15-4-11-18(27-3)12-5-15/h4-14H,1-3H3,(H2,22,23,26)/b13-6+. The summed E-state index contributed by atoms with van der Waals surface area (Å²) in [6.45, 7) is 3.80. The molecular weight excluding hydrogens is 356 g/mol. The second-order valence-corrected chi connectivity index (χ2v) is 6.39. The Balaban J connectivity index is 1.64. The van der Waals surface area contributed by atoms with E-state index in [1.165, 1.54) is 0 Å². The topological polar surface area (TPSA) is 89.3 Å². The highest BCUT2D eigenvalue weighted by atomic mass is 16.5. The van der Waals surface area contributed by atoms with Crippen molar-refractivity contribution < 1.29 is 14.1 Å². The van der Waals surface area contributed by atoms with E-state index in [1.54, 1.807) is 25.3 Å². The minimum atomic E-state index is -0.242. The average molecular weight is 378 g/mol. The molecule has 0 fully saturated rings. The van der Waals surface area contributed by atoms with Gasteiger partial charge < -0.3 is 19.9 Å². The Labute approximate surface area is 163 Å². The maximum Gasteiger partial charge on any atom is 0.319 e. The maximum absolute atomic E-state index is 11.7. The highest BCUT2D eigenvalue weighted by molar-refractivity contribution is 5.89. The first-order chi connectivity index (χ1) is 13.5. The molecule has 28 heavy (non-hydrogen) atoms. The lowest BCUT2D eigenvalue weighted by Crippen LogP contribution is -2.34. The number of hydrogen-bond acceptors (Lipinski definition) is 5. The van der Waals surface area contributed by atoms with Crippen LogP contribution in [0.15, 0.2) is 53.1 Å². The largest absolute Gasteiger partial charge is 0.497 e. The number of nitrogens with zero attached hydrogens (tertiary/aromatic N) is 2. The molecule has 1 heterocycles. The number of ether oxygens (including phenoxy) is 1. The average Bonchev–Trinajstić information content (AvgIpc) is 3.16. The summed E-state index contributed by atoms with van der Waals surface area (Å²) < 4.78 is 10.4. The van der Waals surface area contributed by atoms with E-state index < -0.39 is 0 Å². The van der Waals surface area contributed by atoms with Gasteiger partial charge in [-0.25, -0.2) is 4.79 Å². The smallest absolute Gasteiger partial charge is 0.319 e. The van der Waals surface area contributed by atoms with Gasteiger partial charge in [0.15, 0.2) is 0 Å². The van der Waals surface area contributed by atoms with Crippen molar-refractivity contribution in [3.8, 4) is 17.1 Å². The molecule has 7 nitrogen and oxygen atoms in total. The van der Waals surface area contributed by atoms with Crippen LogP contribution in [0.25, 0.3) is 23.5 Å². The van der Waals surface area contributed by atoms with Crippen LogP contribution < -0.4 is 15.4 Å². The zero-order valence-corrected chi connectivity index (χ0v) is 16.0. The Morgan fingerprint density at radius 2 is 1.79 bits per heavy atom. The zero-order valence-electron chi connectivity index (χ0n) is 16.0. The molecule has 0 saturated heterocycles. The van der Waals surface area contributed by atoms with E-state index in [0.29, 0.717) is 17.4 Å². The SMILES string of the molecule is COc1ccc(/C=C/c2nc(-c3ccc(NC(=O)NC(C)C)cc3)no2)cc1. The van der Waals surface area contributed by atoms with Gasteiger partial charge in [0.25, 0.3) is 5.89 Å². The molecule has 0 unspecified atom stereocenters. The quantitative estimate of drug-likeness (QED) is 0.662. The molecule has 0 radical (unpaired) electrons. The van der Waals surface area contributed by atoms with Gasteiger partial charge in [0, 0.05) is 23.4 Å².